The molecule has 1 aromatic carbocycles. The lowest BCUT2D eigenvalue weighted by Crippen LogP contribution is -2.59. The van der Waals surface area contributed by atoms with Gasteiger partial charge in [0, 0.05) is 30.2 Å². The van der Waals surface area contributed by atoms with Crippen LogP contribution in [0.4, 0.5) is 0 Å². The lowest BCUT2D eigenvalue weighted by molar-refractivity contribution is -0.137. The molecule has 2 saturated heterocycles. The fraction of sp³-hybridized carbons (Fsp3) is 0.474. The number of hydrogen-bond donors (Lipinski definition) is 0. The molecule has 3 heterocycles. The van der Waals surface area contributed by atoms with Crippen LogP contribution in [-0.2, 0) is 21.2 Å². The van der Waals surface area contributed by atoms with E-state index in [9.17, 15) is 18.5 Å². The second-order valence-corrected chi connectivity index (χ2v) is 9.61. The van der Waals surface area contributed by atoms with Crippen molar-refractivity contribution in [2.75, 3.05) is 31.6 Å². The SMILES string of the molecule is Cc1c(C#N)c2ccccc2n1CC(=O)N1CCN(C)[C@H]2CS(=O)(=O)C[C@H]21. The van der Waals surface area contributed by atoms with Gasteiger partial charge in [-0.3, -0.25) is 9.69 Å². The van der Waals surface area contributed by atoms with Crippen LogP contribution in [0.5, 0.6) is 0 Å². The number of carbonyl (C=O) groups is 1. The largest absolute Gasteiger partial charge is 0.334 e. The van der Waals surface area contributed by atoms with Crippen molar-refractivity contribution in [3.05, 3.63) is 35.5 Å². The third-order valence-electron chi connectivity index (χ3n) is 5.91. The van der Waals surface area contributed by atoms with Crippen molar-refractivity contribution < 1.29 is 13.2 Å². The number of sulfone groups is 1. The minimum atomic E-state index is -3.13. The predicted molar refractivity (Wildman–Crippen MR) is 102 cm³/mol. The van der Waals surface area contributed by atoms with Gasteiger partial charge >= 0.3 is 0 Å². The second kappa shape index (κ2) is 6.36. The van der Waals surface area contributed by atoms with Crippen LogP contribution < -0.4 is 0 Å². The number of carbonyl (C=O) groups excluding carboxylic acids is 1. The Bertz CT molecular complexity index is 1070. The summed E-state index contributed by atoms with van der Waals surface area (Å²) in [6.45, 7) is 3.15. The van der Waals surface area contributed by atoms with E-state index in [0.717, 1.165) is 16.6 Å². The maximum Gasteiger partial charge on any atom is 0.242 e. The Morgan fingerprint density at radius 1 is 1.22 bits per heavy atom. The molecule has 0 radical (unpaired) electrons. The van der Waals surface area contributed by atoms with Crippen molar-refractivity contribution in [3.63, 3.8) is 0 Å². The molecular weight excluding hydrogens is 364 g/mol. The molecule has 1 aromatic heterocycles. The Labute approximate surface area is 158 Å². The highest BCUT2D eigenvalue weighted by molar-refractivity contribution is 7.91. The molecule has 2 aliphatic heterocycles. The zero-order valence-electron chi connectivity index (χ0n) is 15.4. The van der Waals surface area contributed by atoms with Crippen LogP contribution >= 0.6 is 0 Å². The van der Waals surface area contributed by atoms with E-state index < -0.39 is 9.84 Å². The van der Waals surface area contributed by atoms with Gasteiger partial charge in [0.15, 0.2) is 9.84 Å². The van der Waals surface area contributed by atoms with Gasteiger partial charge in [-0.05, 0) is 20.0 Å². The molecule has 142 valence electrons. The Hall–Kier alpha value is -2.37. The first-order valence-corrected chi connectivity index (χ1v) is 10.8. The zero-order valence-corrected chi connectivity index (χ0v) is 16.2. The Kier molecular flexibility index (Phi) is 4.24. The number of hydrogen-bond acceptors (Lipinski definition) is 5. The highest BCUT2D eigenvalue weighted by Crippen LogP contribution is 2.28. The number of piperazine rings is 1. The summed E-state index contributed by atoms with van der Waals surface area (Å²) in [5, 5.41) is 10.3. The van der Waals surface area contributed by atoms with Crippen molar-refractivity contribution in [2.45, 2.75) is 25.6 Å². The maximum absolute atomic E-state index is 13.1. The van der Waals surface area contributed by atoms with Gasteiger partial charge in [-0.25, -0.2) is 8.42 Å². The lowest BCUT2D eigenvalue weighted by Gasteiger charge is -2.42. The van der Waals surface area contributed by atoms with Gasteiger partial charge in [0.2, 0.25) is 5.91 Å². The van der Waals surface area contributed by atoms with E-state index in [0.29, 0.717) is 18.7 Å². The number of rotatable bonds is 2. The van der Waals surface area contributed by atoms with Gasteiger partial charge < -0.3 is 9.47 Å². The van der Waals surface area contributed by atoms with Gasteiger partial charge in [-0.15, -0.1) is 0 Å². The molecule has 0 bridgehead atoms. The van der Waals surface area contributed by atoms with Crippen molar-refractivity contribution in [3.8, 4) is 6.07 Å². The topological polar surface area (TPSA) is 86.4 Å². The standard InChI is InChI=1S/C19H22N4O3S/c1-13-15(9-20)14-5-3-4-6-16(14)23(13)10-19(24)22-8-7-21(2)17-11-27(25,26)12-18(17)22/h3-6,17-18H,7-8,10-12H2,1-2H3/t17-,18+/m0/s1. The van der Waals surface area contributed by atoms with E-state index in [2.05, 4.69) is 6.07 Å². The molecule has 1 amide bonds. The number of fused-ring (bicyclic) bond motifs is 2. The zero-order chi connectivity index (χ0) is 19.3. The second-order valence-electron chi connectivity index (χ2n) is 7.45. The molecule has 2 aromatic rings. The molecule has 8 heteroatoms. The van der Waals surface area contributed by atoms with E-state index in [4.69, 9.17) is 0 Å². The lowest BCUT2D eigenvalue weighted by atomic mass is 10.1. The first-order valence-electron chi connectivity index (χ1n) is 9.00. The fourth-order valence-electron chi connectivity index (χ4n) is 4.44. The van der Waals surface area contributed by atoms with E-state index in [-0.39, 0.29) is 36.0 Å². The number of amides is 1. The quantitative estimate of drug-likeness (QED) is 0.761. The molecule has 7 nitrogen and oxygen atoms in total. The van der Waals surface area contributed by atoms with Crippen molar-refractivity contribution in [1.82, 2.24) is 14.4 Å². The summed E-state index contributed by atoms with van der Waals surface area (Å²) in [7, 11) is -1.21. The minimum absolute atomic E-state index is 0.0304. The highest BCUT2D eigenvalue weighted by atomic mass is 32.2. The summed E-state index contributed by atoms with van der Waals surface area (Å²) in [6.07, 6.45) is 0. The monoisotopic (exact) mass is 386 g/mol. The van der Waals surface area contributed by atoms with Crippen molar-refractivity contribution >= 4 is 26.6 Å². The first-order chi connectivity index (χ1) is 12.8. The molecule has 0 saturated carbocycles. The summed E-state index contributed by atoms with van der Waals surface area (Å²) >= 11 is 0. The van der Waals surface area contributed by atoms with Crippen LogP contribution in [0.1, 0.15) is 11.3 Å². The van der Waals surface area contributed by atoms with Gasteiger partial charge in [0.25, 0.3) is 0 Å². The minimum Gasteiger partial charge on any atom is -0.334 e. The normalized spacial score (nSPS) is 24.7. The maximum atomic E-state index is 13.1. The fourth-order valence-corrected chi connectivity index (χ4v) is 6.49. The third kappa shape index (κ3) is 2.91. The van der Waals surface area contributed by atoms with E-state index in [1.165, 1.54) is 0 Å². The molecule has 0 N–H and O–H groups in total. The van der Waals surface area contributed by atoms with Crippen molar-refractivity contribution in [2.24, 2.45) is 0 Å². The van der Waals surface area contributed by atoms with E-state index >= 15 is 0 Å². The predicted octanol–water partition coefficient (Wildman–Crippen LogP) is 0.761. The van der Waals surface area contributed by atoms with Crippen LogP contribution in [0.3, 0.4) is 0 Å². The molecule has 2 atom stereocenters. The third-order valence-corrected chi connectivity index (χ3v) is 7.61. The molecule has 27 heavy (non-hydrogen) atoms. The average molecular weight is 386 g/mol. The summed E-state index contributed by atoms with van der Waals surface area (Å²) in [4.78, 5) is 16.9. The van der Waals surface area contributed by atoms with Crippen molar-refractivity contribution in [1.29, 1.82) is 5.26 Å². The summed E-state index contributed by atoms with van der Waals surface area (Å²) < 4.78 is 26.1. The smallest absolute Gasteiger partial charge is 0.242 e. The summed E-state index contributed by atoms with van der Waals surface area (Å²) in [6, 6.07) is 9.36. The van der Waals surface area contributed by atoms with Crippen LogP contribution in [0.25, 0.3) is 10.9 Å². The van der Waals surface area contributed by atoms with Crippen LogP contribution in [0.2, 0.25) is 0 Å². The van der Waals surface area contributed by atoms with Gasteiger partial charge in [-0.2, -0.15) is 5.26 Å². The summed E-state index contributed by atoms with van der Waals surface area (Å²) in [5.41, 5.74) is 2.19. The number of nitriles is 1. The highest BCUT2D eigenvalue weighted by Gasteiger charge is 2.46. The molecule has 4 rings (SSSR count). The number of para-hydroxylation sites is 1. The summed E-state index contributed by atoms with van der Waals surface area (Å²) in [5.74, 6) is 0.0495. The van der Waals surface area contributed by atoms with Crippen LogP contribution in [0, 0.1) is 18.3 Å². The Morgan fingerprint density at radius 3 is 2.67 bits per heavy atom. The molecule has 2 aliphatic rings. The number of aromatic nitrogens is 1. The number of benzene rings is 1. The number of likely N-dealkylation sites (N-methyl/N-ethyl adjacent to an activating group) is 1. The average Bonchev–Trinajstić information content (AvgIpc) is 3.09. The molecular formula is C19H22N4O3S. The van der Waals surface area contributed by atoms with Gasteiger partial charge in [0.05, 0.1) is 28.6 Å². The van der Waals surface area contributed by atoms with E-state index in [1.807, 2.05) is 47.7 Å². The number of nitrogens with zero attached hydrogens (tertiary/aromatic N) is 4. The van der Waals surface area contributed by atoms with Crippen LogP contribution in [-0.4, -0.2) is 72.4 Å². The van der Waals surface area contributed by atoms with Gasteiger partial charge in [-0.1, -0.05) is 18.2 Å². The van der Waals surface area contributed by atoms with Crippen LogP contribution in [0.15, 0.2) is 24.3 Å². The molecule has 2 fully saturated rings. The molecule has 0 spiro atoms. The van der Waals surface area contributed by atoms with Gasteiger partial charge in [0.1, 0.15) is 12.6 Å². The van der Waals surface area contributed by atoms with E-state index in [1.54, 1.807) is 4.90 Å². The Morgan fingerprint density at radius 2 is 1.93 bits per heavy atom. The molecule has 0 unspecified atom stereocenters. The Balaban J connectivity index is 1.66. The first kappa shape index (κ1) is 18.0. The molecule has 0 aliphatic carbocycles.